The summed E-state index contributed by atoms with van der Waals surface area (Å²) in [4.78, 5) is 12.0. The Balaban J connectivity index is 2.65. The molecule has 1 aromatic heterocycles. The molecule has 5 heteroatoms. The fraction of sp³-hybridized carbons (Fsp3) is 0.714. The third-order valence-electron chi connectivity index (χ3n) is 3.02. The van der Waals surface area contributed by atoms with E-state index in [2.05, 4.69) is 25.9 Å². The molecule has 1 aromatic rings. The van der Waals surface area contributed by atoms with Crippen molar-refractivity contribution in [3.8, 4) is 0 Å². The van der Waals surface area contributed by atoms with Gasteiger partial charge in [-0.3, -0.25) is 4.68 Å². The van der Waals surface area contributed by atoms with Gasteiger partial charge < -0.3 is 9.47 Å². The molecule has 5 nitrogen and oxygen atoms in total. The second-order valence-corrected chi connectivity index (χ2v) is 5.76. The van der Waals surface area contributed by atoms with E-state index in [0.717, 1.165) is 5.69 Å². The molecule has 19 heavy (non-hydrogen) atoms. The van der Waals surface area contributed by atoms with E-state index in [0.29, 0.717) is 18.7 Å². The second kappa shape index (κ2) is 6.19. The maximum absolute atomic E-state index is 12.0. The fourth-order valence-electron chi connectivity index (χ4n) is 1.53. The standard InChI is InChI=1S/C14H24N2O3/c1-10(18-6)7-8-19-13(17)11-9-12(14(2,3)4)15-16(11)5/h9-10H,7-8H2,1-6H3/t10-/m0/s1. The molecular formula is C14H24N2O3. The number of ether oxygens (including phenoxy) is 2. The second-order valence-electron chi connectivity index (χ2n) is 5.76. The SMILES string of the molecule is CO[C@@H](C)CCOC(=O)c1cc(C(C)(C)C)nn1C. The van der Waals surface area contributed by atoms with Gasteiger partial charge in [0, 0.05) is 26.0 Å². The predicted molar refractivity (Wildman–Crippen MR) is 73.3 cm³/mol. The highest BCUT2D eigenvalue weighted by molar-refractivity contribution is 5.87. The smallest absolute Gasteiger partial charge is 0.356 e. The van der Waals surface area contributed by atoms with E-state index in [4.69, 9.17) is 9.47 Å². The Bertz CT molecular complexity index is 432. The molecule has 0 aliphatic carbocycles. The van der Waals surface area contributed by atoms with Crippen molar-refractivity contribution in [3.05, 3.63) is 17.5 Å². The van der Waals surface area contributed by atoms with Gasteiger partial charge in [0.1, 0.15) is 5.69 Å². The van der Waals surface area contributed by atoms with Crippen LogP contribution in [-0.2, 0) is 21.9 Å². The molecule has 0 N–H and O–H groups in total. The Morgan fingerprint density at radius 3 is 2.58 bits per heavy atom. The number of methoxy groups -OCH3 is 1. The lowest BCUT2D eigenvalue weighted by atomic mass is 9.92. The Kier molecular flexibility index (Phi) is 5.11. The Labute approximate surface area is 114 Å². The van der Waals surface area contributed by atoms with Crippen molar-refractivity contribution in [2.45, 2.75) is 45.6 Å². The van der Waals surface area contributed by atoms with Gasteiger partial charge in [-0.1, -0.05) is 20.8 Å². The number of carbonyl (C=O) groups excluding carboxylic acids is 1. The zero-order valence-corrected chi connectivity index (χ0v) is 12.7. The van der Waals surface area contributed by atoms with Crippen LogP contribution in [0, 0.1) is 0 Å². The van der Waals surface area contributed by atoms with Gasteiger partial charge >= 0.3 is 5.97 Å². The van der Waals surface area contributed by atoms with Gasteiger partial charge in [0.2, 0.25) is 0 Å². The van der Waals surface area contributed by atoms with E-state index in [1.807, 2.05) is 6.92 Å². The molecule has 0 spiro atoms. The number of nitrogens with zero attached hydrogens (tertiary/aromatic N) is 2. The third kappa shape index (κ3) is 4.35. The lowest BCUT2D eigenvalue weighted by Crippen LogP contribution is -2.15. The van der Waals surface area contributed by atoms with Gasteiger partial charge in [0.25, 0.3) is 0 Å². The number of hydrogen-bond acceptors (Lipinski definition) is 4. The van der Waals surface area contributed by atoms with Crippen molar-refractivity contribution < 1.29 is 14.3 Å². The molecule has 1 heterocycles. The molecule has 0 saturated carbocycles. The van der Waals surface area contributed by atoms with Crippen molar-refractivity contribution in [2.75, 3.05) is 13.7 Å². The number of aryl methyl sites for hydroxylation is 1. The van der Waals surface area contributed by atoms with Crippen LogP contribution in [0.2, 0.25) is 0 Å². The normalized spacial score (nSPS) is 13.4. The summed E-state index contributed by atoms with van der Waals surface area (Å²) in [6.07, 6.45) is 0.774. The average molecular weight is 268 g/mol. The Morgan fingerprint density at radius 1 is 1.47 bits per heavy atom. The van der Waals surface area contributed by atoms with E-state index in [1.165, 1.54) is 0 Å². The molecule has 0 unspecified atom stereocenters. The van der Waals surface area contributed by atoms with E-state index in [1.54, 1.807) is 24.9 Å². The third-order valence-corrected chi connectivity index (χ3v) is 3.02. The molecule has 0 fully saturated rings. The van der Waals surface area contributed by atoms with Crippen molar-refractivity contribution in [2.24, 2.45) is 7.05 Å². The van der Waals surface area contributed by atoms with E-state index < -0.39 is 0 Å². The van der Waals surface area contributed by atoms with Crippen LogP contribution in [0.5, 0.6) is 0 Å². The van der Waals surface area contributed by atoms with Crippen LogP contribution >= 0.6 is 0 Å². The lowest BCUT2D eigenvalue weighted by molar-refractivity contribution is 0.0380. The van der Waals surface area contributed by atoms with Gasteiger partial charge in [0.15, 0.2) is 0 Å². The van der Waals surface area contributed by atoms with Gasteiger partial charge in [-0.15, -0.1) is 0 Å². The van der Waals surface area contributed by atoms with E-state index in [-0.39, 0.29) is 17.5 Å². The van der Waals surface area contributed by atoms with Gasteiger partial charge in [-0.25, -0.2) is 4.79 Å². The van der Waals surface area contributed by atoms with Crippen molar-refractivity contribution in [3.63, 3.8) is 0 Å². The summed E-state index contributed by atoms with van der Waals surface area (Å²) in [5.74, 6) is -0.339. The predicted octanol–water partition coefficient (Wildman–Crippen LogP) is 2.30. The fourth-order valence-corrected chi connectivity index (χ4v) is 1.53. The minimum absolute atomic E-state index is 0.0825. The molecular weight excluding hydrogens is 244 g/mol. The number of hydrogen-bond donors (Lipinski definition) is 0. The van der Waals surface area contributed by atoms with Gasteiger partial charge in [-0.05, 0) is 13.0 Å². The zero-order valence-electron chi connectivity index (χ0n) is 12.7. The molecule has 0 amide bonds. The summed E-state index contributed by atoms with van der Waals surface area (Å²) >= 11 is 0. The first-order valence-corrected chi connectivity index (χ1v) is 6.50. The molecule has 0 aromatic carbocycles. The summed E-state index contributed by atoms with van der Waals surface area (Å²) in [6.45, 7) is 8.47. The van der Waals surface area contributed by atoms with E-state index >= 15 is 0 Å². The number of carbonyl (C=O) groups is 1. The lowest BCUT2D eigenvalue weighted by Gasteiger charge is -2.13. The number of esters is 1. The summed E-state index contributed by atoms with van der Waals surface area (Å²) in [5.41, 5.74) is 1.28. The van der Waals surface area contributed by atoms with Crippen LogP contribution in [0.3, 0.4) is 0 Å². The topological polar surface area (TPSA) is 53.4 Å². The zero-order chi connectivity index (χ0) is 14.6. The maximum atomic E-state index is 12.0. The molecule has 0 aliphatic heterocycles. The van der Waals surface area contributed by atoms with Crippen LogP contribution in [0.15, 0.2) is 6.07 Å². The molecule has 0 bridgehead atoms. The van der Waals surface area contributed by atoms with Crippen molar-refractivity contribution >= 4 is 5.97 Å². The monoisotopic (exact) mass is 268 g/mol. The first-order valence-electron chi connectivity index (χ1n) is 6.50. The van der Waals surface area contributed by atoms with Crippen LogP contribution in [0.1, 0.15) is 50.3 Å². The minimum Gasteiger partial charge on any atom is -0.461 e. The highest BCUT2D eigenvalue weighted by Gasteiger charge is 2.22. The summed E-state index contributed by atoms with van der Waals surface area (Å²) in [5, 5.41) is 4.35. The summed E-state index contributed by atoms with van der Waals surface area (Å²) < 4.78 is 11.9. The maximum Gasteiger partial charge on any atom is 0.356 e. The van der Waals surface area contributed by atoms with Gasteiger partial charge in [0.05, 0.1) is 18.4 Å². The van der Waals surface area contributed by atoms with Crippen LogP contribution in [-0.4, -0.2) is 35.6 Å². The van der Waals surface area contributed by atoms with Crippen molar-refractivity contribution in [1.29, 1.82) is 0 Å². The first-order chi connectivity index (χ1) is 8.75. The number of aromatic nitrogens is 2. The van der Waals surface area contributed by atoms with Crippen LogP contribution < -0.4 is 0 Å². The average Bonchev–Trinajstić information content (AvgIpc) is 2.70. The minimum atomic E-state index is -0.339. The summed E-state index contributed by atoms with van der Waals surface area (Å²) in [6, 6.07) is 1.79. The van der Waals surface area contributed by atoms with E-state index in [9.17, 15) is 4.79 Å². The molecule has 0 aliphatic rings. The quantitative estimate of drug-likeness (QED) is 0.769. The van der Waals surface area contributed by atoms with Crippen LogP contribution in [0.25, 0.3) is 0 Å². The highest BCUT2D eigenvalue weighted by atomic mass is 16.5. The molecule has 1 atom stereocenters. The first kappa shape index (κ1) is 15.7. The van der Waals surface area contributed by atoms with Crippen LogP contribution in [0.4, 0.5) is 0 Å². The number of rotatable bonds is 5. The largest absolute Gasteiger partial charge is 0.461 e. The Hall–Kier alpha value is -1.36. The Morgan fingerprint density at radius 2 is 2.11 bits per heavy atom. The molecule has 1 rings (SSSR count). The van der Waals surface area contributed by atoms with Gasteiger partial charge in [-0.2, -0.15) is 5.10 Å². The molecule has 0 radical (unpaired) electrons. The molecule has 108 valence electrons. The van der Waals surface area contributed by atoms with Crippen molar-refractivity contribution in [1.82, 2.24) is 9.78 Å². The molecule has 0 saturated heterocycles. The summed E-state index contributed by atoms with van der Waals surface area (Å²) in [7, 11) is 3.40. The highest BCUT2D eigenvalue weighted by Crippen LogP contribution is 2.21.